The van der Waals surface area contributed by atoms with Gasteiger partial charge in [-0.3, -0.25) is 9.59 Å². The lowest BCUT2D eigenvalue weighted by Gasteiger charge is -2.33. The molecule has 1 saturated heterocycles. The van der Waals surface area contributed by atoms with Gasteiger partial charge < -0.3 is 19.9 Å². The van der Waals surface area contributed by atoms with Crippen LogP contribution in [-0.4, -0.2) is 71.5 Å². The van der Waals surface area contributed by atoms with Crippen molar-refractivity contribution in [2.24, 2.45) is 0 Å². The second-order valence-corrected chi connectivity index (χ2v) is 6.13. The number of hydrogen-bond acceptors (Lipinski definition) is 5. The fraction of sp³-hybridized carbons (Fsp3) is 0.529. The largest absolute Gasteiger partial charge is 0.450 e. The van der Waals surface area contributed by atoms with E-state index >= 15 is 0 Å². The van der Waals surface area contributed by atoms with Crippen molar-refractivity contribution in [3.63, 3.8) is 0 Å². The van der Waals surface area contributed by atoms with Gasteiger partial charge >= 0.3 is 6.09 Å². The van der Waals surface area contributed by atoms with E-state index in [4.69, 9.17) is 4.74 Å². The molecule has 3 rings (SSSR count). The van der Waals surface area contributed by atoms with Crippen LogP contribution in [-0.2, 0) is 4.74 Å². The second kappa shape index (κ2) is 7.50. The summed E-state index contributed by atoms with van der Waals surface area (Å²) in [4.78, 5) is 43.8. The van der Waals surface area contributed by atoms with Crippen LogP contribution in [0.4, 0.5) is 4.79 Å². The van der Waals surface area contributed by atoms with Crippen molar-refractivity contribution < 1.29 is 19.1 Å². The number of nitrogens with zero attached hydrogens (tertiary/aromatic N) is 3. The van der Waals surface area contributed by atoms with Gasteiger partial charge in [-0.25, -0.2) is 9.78 Å². The number of pyridine rings is 1. The molecule has 0 radical (unpaired) electrons. The minimum absolute atomic E-state index is 0.232. The van der Waals surface area contributed by atoms with Crippen LogP contribution in [0.1, 0.15) is 40.7 Å². The summed E-state index contributed by atoms with van der Waals surface area (Å²) in [6.45, 7) is 3.77. The maximum Gasteiger partial charge on any atom is 0.409 e. The molecule has 1 saturated carbocycles. The fourth-order valence-electron chi connectivity index (χ4n) is 2.64. The van der Waals surface area contributed by atoms with Crippen LogP contribution >= 0.6 is 0 Å². The summed E-state index contributed by atoms with van der Waals surface area (Å²) in [6, 6.07) is 5.11. The Hall–Kier alpha value is -2.64. The Balaban J connectivity index is 1.59. The molecule has 1 N–H and O–H groups in total. The Morgan fingerprint density at radius 2 is 1.76 bits per heavy atom. The maximum absolute atomic E-state index is 12.6. The quantitative estimate of drug-likeness (QED) is 0.874. The smallest absolute Gasteiger partial charge is 0.409 e. The van der Waals surface area contributed by atoms with Gasteiger partial charge in [-0.2, -0.15) is 0 Å². The molecule has 0 unspecified atom stereocenters. The maximum atomic E-state index is 12.6. The van der Waals surface area contributed by atoms with Crippen molar-refractivity contribution in [1.29, 1.82) is 0 Å². The van der Waals surface area contributed by atoms with Crippen LogP contribution in [0, 0.1) is 0 Å². The van der Waals surface area contributed by atoms with Gasteiger partial charge in [-0.05, 0) is 31.9 Å². The number of hydrogen-bond donors (Lipinski definition) is 1. The van der Waals surface area contributed by atoms with Crippen LogP contribution < -0.4 is 5.32 Å². The van der Waals surface area contributed by atoms with E-state index in [9.17, 15) is 14.4 Å². The molecule has 0 bridgehead atoms. The van der Waals surface area contributed by atoms with Crippen molar-refractivity contribution >= 4 is 17.9 Å². The first-order valence-electron chi connectivity index (χ1n) is 8.57. The van der Waals surface area contributed by atoms with Gasteiger partial charge in [0.15, 0.2) is 0 Å². The lowest BCUT2D eigenvalue weighted by atomic mass is 10.2. The Morgan fingerprint density at radius 3 is 2.40 bits per heavy atom. The summed E-state index contributed by atoms with van der Waals surface area (Å²) in [7, 11) is 0. The molecule has 2 heterocycles. The third-order valence-corrected chi connectivity index (χ3v) is 4.21. The molecule has 3 amide bonds. The van der Waals surface area contributed by atoms with Crippen molar-refractivity contribution in [2.45, 2.75) is 25.8 Å². The zero-order valence-corrected chi connectivity index (χ0v) is 14.2. The molecule has 8 nitrogen and oxygen atoms in total. The van der Waals surface area contributed by atoms with Crippen LogP contribution in [0.2, 0.25) is 0 Å². The predicted molar refractivity (Wildman–Crippen MR) is 89.2 cm³/mol. The van der Waals surface area contributed by atoms with Gasteiger partial charge in [0.1, 0.15) is 11.4 Å². The summed E-state index contributed by atoms with van der Waals surface area (Å²) in [5.41, 5.74) is 0.496. The summed E-state index contributed by atoms with van der Waals surface area (Å²) >= 11 is 0. The van der Waals surface area contributed by atoms with Crippen molar-refractivity contribution in [2.75, 3.05) is 32.8 Å². The summed E-state index contributed by atoms with van der Waals surface area (Å²) in [5, 5.41) is 2.86. The van der Waals surface area contributed by atoms with Gasteiger partial charge in [-0.1, -0.05) is 6.07 Å². The molecule has 1 aromatic heterocycles. The average Bonchev–Trinajstić information content (AvgIpc) is 3.45. The lowest BCUT2D eigenvalue weighted by Crippen LogP contribution is -2.50. The van der Waals surface area contributed by atoms with Gasteiger partial charge in [0.2, 0.25) is 0 Å². The molecule has 1 aliphatic carbocycles. The van der Waals surface area contributed by atoms with Gasteiger partial charge in [0.25, 0.3) is 11.8 Å². The molecular weight excluding hydrogens is 324 g/mol. The normalized spacial score (nSPS) is 17.2. The topological polar surface area (TPSA) is 91.8 Å². The van der Waals surface area contributed by atoms with E-state index in [2.05, 4.69) is 10.3 Å². The summed E-state index contributed by atoms with van der Waals surface area (Å²) in [5.74, 6) is -0.478. The number of piperazine rings is 1. The SMILES string of the molecule is CCOC(=O)N1CCN(C(=O)c2cccc(C(=O)NC3CC3)n2)CC1. The Bertz CT molecular complexity index is 666. The number of rotatable bonds is 4. The van der Waals surface area contributed by atoms with Crippen molar-refractivity contribution in [3.8, 4) is 0 Å². The fourth-order valence-corrected chi connectivity index (χ4v) is 2.64. The van der Waals surface area contributed by atoms with Gasteiger partial charge in [0, 0.05) is 32.2 Å². The van der Waals surface area contributed by atoms with Crippen molar-refractivity contribution in [1.82, 2.24) is 20.1 Å². The molecule has 134 valence electrons. The number of amides is 3. The molecule has 2 aliphatic rings. The first kappa shape index (κ1) is 17.2. The predicted octanol–water partition coefficient (Wildman–Crippen LogP) is 0.888. The summed E-state index contributed by atoms with van der Waals surface area (Å²) in [6.07, 6.45) is 1.64. The minimum atomic E-state index is -0.355. The highest BCUT2D eigenvalue weighted by Gasteiger charge is 2.27. The molecule has 1 aromatic rings. The van der Waals surface area contributed by atoms with Crippen LogP contribution in [0.3, 0.4) is 0 Å². The third-order valence-electron chi connectivity index (χ3n) is 4.21. The highest BCUT2D eigenvalue weighted by atomic mass is 16.6. The van der Waals surface area contributed by atoms with Crippen LogP contribution in [0.25, 0.3) is 0 Å². The molecule has 25 heavy (non-hydrogen) atoms. The Kier molecular flexibility index (Phi) is 5.16. The molecule has 1 aliphatic heterocycles. The van der Waals surface area contributed by atoms with E-state index in [1.165, 1.54) is 0 Å². The molecule has 2 fully saturated rings. The van der Waals surface area contributed by atoms with E-state index < -0.39 is 0 Å². The first-order valence-corrected chi connectivity index (χ1v) is 8.57. The highest BCUT2D eigenvalue weighted by Crippen LogP contribution is 2.19. The number of ether oxygens (including phenoxy) is 1. The number of nitrogens with one attached hydrogen (secondary N) is 1. The molecular formula is C17H22N4O4. The summed E-state index contributed by atoms with van der Waals surface area (Å²) < 4.78 is 4.97. The molecule has 0 spiro atoms. The highest BCUT2D eigenvalue weighted by molar-refractivity contribution is 5.96. The van der Waals surface area contributed by atoms with E-state index in [0.717, 1.165) is 12.8 Å². The zero-order valence-electron chi connectivity index (χ0n) is 14.2. The molecule has 8 heteroatoms. The van der Waals surface area contributed by atoms with Gasteiger partial charge in [0.05, 0.1) is 6.61 Å². The average molecular weight is 346 g/mol. The number of aromatic nitrogens is 1. The Labute approximate surface area is 146 Å². The van der Waals surface area contributed by atoms with E-state index in [1.807, 2.05) is 0 Å². The second-order valence-electron chi connectivity index (χ2n) is 6.13. The van der Waals surface area contributed by atoms with E-state index in [1.54, 1.807) is 34.9 Å². The van der Waals surface area contributed by atoms with Crippen molar-refractivity contribution in [3.05, 3.63) is 29.6 Å². The van der Waals surface area contributed by atoms with E-state index in [0.29, 0.717) is 32.8 Å². The monoisotopic (exact) mass is 346 g/mol. The molecule has 0 aromatic carbocycles. The minimum Gasteiger partial charge on any atom is -0.450 e. The number of carbonyl (C=O) groups is 3. The number of carbonyl (C=O) groups excluding carboxylic acids is 3. The third kappa shape index (κ3) is 4.26. The molecule has 0 atom stereocenters. The standard InChI is InChI=1S/C17H22N4O4/c1-2-25-17(24)21-10-8-20(9-11-21)16(23)14-5-3-4-13(19-14)15(22)18-12-6-7-12/h3-5,12H,2,6-11H2,1H3,(H,18,22). The van der Waals surface area contributed by atoms with Crippen LogP contribution in [0.15, 0.2) is 18.2 Å². The van der Waals surface area contributed by atoms with Crippen LogP contribution in [0.5, 0.6) is 0 Å². The van der Waals surface area contributed by atoms with Gasteiger partial charge in [-0.15, -0.1) is 0 Å². The van der Waals surface area contributed by atoms with E-state index in [-0.39, 0.29) is 35.3 Å². The lowest BCUT2D eigenvalue weighted by molar-refractivity contribution is 0.0565. The first-order chi connectivity index (χ1) is 12.1. The zero-order chi connectivity index (χ0) is 17.8. The Morgan fingerprint density at radius 1 is 1.12 bits per heavy atom.